The van der Waals surface area contributed by atoms with E-state index in [0.717, 1.165) is 26.5 Å². The number of nitrogens with one attached hydrogen (secondary N) is 1. The average molecular weight is 556 g/mol. The maximum atomic E-state index is 13.3. The number of carbonyl (C=O) groups is 2. The van der Waals surface area contributed by atoms with Crippen LogP contribution >= 0.6 is 22.7 Å². The second-order valence-electron chi connectivity index (χ2n) is 9.30. The molecule has 6 rings (SSSR count). The topological polar surface area (TPSA) is 107 Å². The number of amides is 2. The number of fused-ring (bicyclic) bond motifs is 2. The number of anilines is 1. The van der Waals surface area contributed by atoms with Gasteiger partial charge in [-0.2, -0.15) is 0 Å². The van der Waals surface area contributed by atoms with E-state index >= 15 is 0 Å². The van der Waals surface area contributed by atoms with Crippen LogP contribution < -0.4 is 4.31 Å². The number of nitrogens with zero attached hydrogens (tertiary/aromatic N) is 4. The number of aromatic nitrogens is 2. The molecule has 4 aromatic rings. The molecular formula is C25H25N5O4S3. The van der Waals surface area contributed by atoms with Crippen molar-refractivity contribution in [3.05, 3.63) is 52.9 Å². The third-order valence-corrected chi connectivity index (χ3v) is 11.4. The Hall–Kier alpha value is -3.06. The Bertz CT molecular complexity index is 1580. The highest BCUT2D eigenvalue weighted by atomic mass is 32.2. The first-order valence-electron chi connectivity index (χ1n) is 11.9. The van der Waals surface area contributed by atoms with Crippen LogP contribution in [-0.4, -0.2) is 66.7 Å². The minimum atomic E-state index is -3.67. The van der Waals surface area contributed by atoms with Crippen LogP contribution in [-0.2, 0) is 26.2 Å². The van der Waals surface area contributed by atoms with E-state index in [1.807, 2.05) is 37.4 Å². The van der Waals surface area contributed by atoms with Crippen LogP contribution in [0.4, 0.5) is 5.69 Å². The van der Waals surface area contributed by atoms with Gasteiger partial charge < -0.3 is 4.98 Å². The number of benzene rings is 1. The van der Waals surface area contributed by atoms with Gasteiger partial charge in [0.25, 0.3) is 10.0 Å². The summed E-state index contributed by atoms with van der Waals surface area (Å²) in [7, 11) is -2.11. The molecule has 0 saturated carbocycles. The Labute approximate surface area is 222 Å². The molecule has 37 heavy (non-hydrogen) atoms. The SMILES string of the molecule is CCN(c1cccc2cc(-c3ncc(CN4CC5C(=O)N(C)C(=O)C5C4)s3)[nH]c12)S(=O)(=O)c1cccs1. The zero-order valence-electron chi connectivity index (χ0n) is 20.2. The summed E-state index contributed by atoms with van der Waals surface area (Å²) in [5, 5.41) is 3.46. The van der Waals surface area contributed by atoms with Gasteiger partial charge in [0, 0.05) is 49.7 Å². The molecule has 12 heteroatoms. The molecule has 3 aromatic heterocycles. The number of thiazole rings is 1. The van der Waals surface area contributed by atoms with Crippen molar-refractivity contribution >= 4 is 61.1 Å². The summed E-state index contributed by atoms with van der Waals surface area (Å²) in [6.45, 7) is 3.91. The van der Waals surface area contributed by atoms with E-state index < -0.39 is 10.0 Å². The predicted molar refractivity (Wildman–Crippen MR) is 144 cm³/mol. The van der Waals surface area contributed by atoms with Crippen LogP contribution in [0.25, 0.3) is 21.6 Å². The minimum Gasteiger partial charge on any atom is -0.351 e. The Balaban J connectivity index is 1.25. The first kappa shape index (κ1) is 24.3. The Kier molecular flexibility index (Phi) is 5.94. The molecular weight excluding hydrogens is 531 g/mol. The second-order valence-corrected chi connectivity index (χ2v) is 13.5. The van der Waals surface area contributed by atoms with Crippen molar-refractivity contribution in [3.8, 4) is 10.7 Å². The molecule has 0 bridgehead atoms. The fourth-order valence-corrected chi connectivity index (χ4v) is 8.81. The van der Waals surface area contributed by atoms with Crippen LogP contribution in [0.2, 0.25) is 0 Å². The second kappa shape index (κ2) is 9.05. The van der Waals surface area contributed by atoms with Crippen LogP contribution in [0.15, 0.2) is 52.2 Å². The van der Waals surface area contributed by atoms with Crippen molar-refractivity contribution in [2.24, 2.45) is 11.8 Å². The highest BCUT2D eigenvalue weighted by molar-refractivity contribution is 7.94. The molecule has 1 N–H and O–H groups in total. The number of thiophene rings is 1. The van der Waals surface area contributed by atoms with Gasteiger partial charge in [0.1, 0.15) is 9.22 Å². The lowest BCUT2D eigenvalue weighted by Gasteiger charge is -2.22. The van der Waals surface area contributed by atoms with E-state index in [1.165, 1.54) is 20.5 Å². The normalized spacial score (nSPS) is 20.3. The number of sulfonamides is 1. The predicted octanol–water partition coefficient (Wildman–Crippen LogP) is 3.61. The number of imide groups is 1. The lowest BCUT2D eigenvalue weighted by Crippen LogP contribution is -2.32. The molecule has 2 unspecified atom stereocenters. The van der Waals surface area contributed by atoms with Gasteiger partial charge in [0.15, 0.2) is 0 Å². The zero-order valence-corrected chi connectivity index (χ0v) is 22.7. The highest BCUT2D eigenvalue weighted by Gasteiger charge is 2.50. The summed E-state index contributed by atoms with van der Waals surface area (Å²) in [6.07, 6.45) is 1.83. The number of rotatable bonds is 7. The highest BCUT2D eigenvalue weighted by Crippen LogP contribution is 2.37. The molecule has 2 fully saturated rings. The van der Waals surface area contributed by atoms with E-state index in [-0.39, 0.29) is 23.7 Å². The molecule has 9 nitrogen and oxygen atoms in total. The smallest absolute Gasteiger partial charge is 0.273 e. The van der Waals surface area contributed by atoms with Crippen molar-refractivity contribution in [1.82, 2.24) is 19.8 Å². The van der Waals surface area contributed by atoms with E-state index in [4.69, 9.17) is 0 Å². The quantitative estimate of drug-likeness (QED) is 0.349. The Morgan fingerprint density at radius 3 is 2.57 bits per heavy atom. The molecule has 2 amide bonds. The van der Waals surface area contributed by atoms with Crippen molar-refractivity contribution in [1.29, 1.82) is 0 Å². The van der Waals surface area contributed by atoms with Crippen LogP contribution in [0.1, 0.15) is 11.8 Å². The summed E-state index contributed by atoms with van der Waals surface area (Å²) in [4.78, 5) is 37.1. The summed E-state index contributed by atoms with van der Waals surface area (Å²) in [5.74, 6) is -0.662. The van der Waals surface area contributed by atoms with Crippen molar-refractivity contribution in [3.63, 3.8) is 0 Å². The van der Waals surface area contributed by atoms with E-state index in [1.54, 1.807) is 35.9 Å². The summed E-state index contributed by atoms with van der Waals surface area (Å²) in [5.41, 5.74) is 2.15. The Morgan fingerprint density at radius 2 is 1.89 bits per heavy atom. The fourth-order valence-electron chi connectivity index (χ4n) is 5.30. The number of para-hydroxylation sites is 1. The first-order chi connectivity index (χ1) is 17.8. The van der Waals surface area contributed by atoms with Gasteiger partial charge in [-0.1, -0.05) is 18.2 Å². The fraction of sp³-hybridized carbons (Fsp3) is 0.320. The summed E-state index contributed by atoms with van der Waals surface area (Å²) < 4.78 is 28.4. The number of carbonyl (C=O) groups excluding carboxylic acids is 2. The van der Waals surface area contributed by atoms with Crippen LogP contribution in [0.5, 0.6) is 0 Å². The molecule has 2 saturated heterocycles. The number of hydrogen-bond acceptors (Lipinski definition) is 8. The first-order valence-corrected chi connectivity index (χ1v) is 15.1. The number of H-pyrrole nitrogens is 1. The molecule has 192 valence electrons. The van der Waals surface area contributed by atoms with Crippen molar-refractivity contribution < 1.29 is 18.0 Å². The average Bonchev–Trinajstić information content (AvgIpc) is 3.70. The monoisotopic (exact) mass is 555 g/mol. The summed E-state index contributed by atoms with van der Waals surface area (Å²) in [6, 6.07) is 11.0. The van der Waals surface area contributed by atoms with E-state index in [0.29, 0.717) is 36.1 Å². The lowest BCUT2D eigenvalue weighted by molar-refractivity contribution is -0.138. The maximum Gasteiger partial charge on any atom is 0.273 e. The van der Waals surface area contributed by atoms with Crippen LogP contribution in [0, 0.1) is 11.8 Å². The third kappa shape index (κ3) is 3.99. The maximum absolute atomic E-state index is 13.3. The van der Waals surface area contributed by atoms with Gasteiger partial charge in [0.2, 0.25) is 11.8 Å². The third-order valence-electron chi connectivity index (χ3n) is 7.08. The number of aromatic amines is 1. The van der Waals surface area contributed by atoms with E-state index in [9.17, 15) is 18.0 Å². The molecule has 0 radical (unpaired) electrons. The molecule has 2 aliphatic heterocycles. The molecule has 1 aromatic carbocycles. The van der Waals surface area contributed by atoms with Crippen molar-refractivity contribution in [2.75, 3.05) is 31.0 Å². The standard InChI is InChI=1S/C25H25N5O4S3/c1-3-30(37(33,34)21-8-5-9-35-21)20-7-4-6-15-10-19(27-22(15)20)23-26-11-16(36-23)12-29-13-17-18(14-29)25(32)28(2)24(17)31/h4-11,17-18,27H,3,12-14H2,1-2H3. The number of likely N-dealkylation sites (tertiary alicyclic amines) is 2. The van der Waals surface area contributed by atoms with Gasteiger partial charge in [-0.25, -0.2) is 13.4 Å². The van der Waals surface area contributed by atoms with Crippen molar-refractivity contribution in [2.45, 2.75) is 17.7 Å². The molecule has 2 atom stereocenters. The van der Waals surface area contributed by atoms with Gasteiger partial charge in [-0.3, -0.25) is 23.7 Å². The largest absolute Gasteiger partial charge is 0.351 e. The summed E-state index contributed by atoms with van der Waals surface area (Å²) >= 11 is 2.75. The minimum absolute atomic E-state index is 0.0846. The lowest BCUT2D eigenvalue weighted by atomic mass is 10.00. The van der Waals surface area contributed by atoms with Gasteiger partial charge >= 0.3 is 0 Å². The van der Waals surface area contributed by atoms with Gasteiger partial charge in [-0.05, 0) is 30.5 Å². The van der Waals surface area contributed by atoms with Gasteiger partial charge in [0.05, 0.1) is 28.7 Å². The molecule has 2 aliphatic rings. The number of hydrogen-bond donors (Lipinski definition) is 1. The Morgan fingerprint density at radius 1 is 1.14 bits per heavy atom. The zero-order chi connectivity index (χ0) is 25.9. The molecule has 0 spiro atoms. The van der Waals surface area contributed by atoms with Crippen LogP contribution in [0.3, 0.4) is 0 Å². The molecule has 0 aliphatic carbocycles. The molecule has 5 heterocycles. The van der Waals surface area contributed by atoms with Gasteiger partial charge in [-0.15, -0.1) is 22.7 Å². The van der Waals surface area contributed by atoms with E-state index in [2.05, 4.69) is 14.9 Å².